The van der Waals surface area contributed by atoms with Crippen molar-refractivity contribution >= 4 is 24.1 Å². The van der Waals surface area contributed by atoms with E-state index in [0.717, 1.165) is 17.5 Å². The maximum atomic E-state index is 11.8. The summed E-state index contributed by atoms with van der Waals surface area (Å²) in [6.45, 7) is 5.39. The number of hydroxylamine groups is 2. The average molecular weight is 404 g/mol. The van der Waals surface area contributed by atoms with Gasteiger partial charge in [0, 0.05) is 24.8 Å². The third-order valence-electron chi connectivity index (χ3n) is 4.43. The van der Waals surface area contributed by atoms with E-state index in [4.69, 9.17) is 9.47 Å². The van der Waals surface area contributed by atoms with Gasteiger partial charge >= 0.3 is 12.2 Å². The minimum absolute atomic E-state index is 0.0263. The van der Waals surface area contributed by atoms with Crippen molar-refractivity contribution in [2.75, 3.05) is 0 Å². The zero-order chi connectivity index (χ0) is 21.2. The molecule has 2 atom stereocenters. The predicted molar refractivity (Wildman–Crippen MR) is 99.3 cm³/mol. The Kier molecular flexibility index (Phi) is 5.76. The number of carbonyl (C=O) groups excluding carboxylic acids is 4. The highest BCUT2D eigenvalue weighted by atomic mass is 16.8. The van der Waals surface area contributed by atoms with Gasteiger partial charge in [0.1, 0.15) is 12.2 Å². The van der Waals surface area contributed by atoms with Crippen molar-refractivity contribution in [3.05, 3.63) is 35.4 Å². The van der Waals surface area contributed by atoms with Crippen molar-refractivity contribution in [2.24, 2.45) is 0 Å². The molecule has 0 spiro atoms. The number of rotatable bonds is 5. The first kappa shape index (κ1) is 20.6. The highest BCUT2D eigenvalue weighted by Gasteiger charge is 2.40. The van der Waals surface area contributed by atoms with E-state index in [1.807, 2.05) is 32.9 Å². The number of benzene rings is 1. The zero-order valence-electron chi connectivity index (χ0n) is 16.6. The first-order valence-electron chi connectivity index (χ1n) is 9.41. The molecule has 0 bridgehead atoms. The molecule has 156 valence electrons. The second-order valence-corrected chi connectivity index (χ2v) is 8.05. The minimum Gasteiger partial charge on any atom is -0.444 e. The number of nitrogens with one attached hydrogen (secondary N) is 1. The number of alkyl carbamates (subject to hydrolysis) is 1. The zero-order valence-corrected chi connectivity index (χ0v) is 16.6. The van der Waals surface area contributed by atoms with Crippen LogP contribution in [0.5, 0.6) is 0 Å². The van der Waals surface area contributed by atoms with Crippen LogP contribution >= 0.6 is 0 Å². The Hall–Kier alpha value is -3.10. The molecule has 1 aliphatic carbocycles. The van der Waals surface area contributed by atoms with Gasteiger partial charge in [0.15, 0.2) is 0 Å². The summed E-state index contributed by atoms with van der Waals surface area (Å²) in [5.41, 5.74) is 1.25. The van der Waals surface area contributed by atoms with Gasteiger partial charge in [0.2, 0.25) is 0 Å². The van der Waals surface area contributed by atoms with Crippen LogP contribution in [0.4, 0.5) is 9.59 Å². The normalized spacial score (nSPS) is 21.0. The fourth-order valence-electron chi connectivity index (χ4n) is 2.94. The molecule has 9 heteroatoms. The molecule has 0 aromatic heterocycles. The van der Waals surface area contributed by atoms with Crippen LogP contribution in [0.2, 0.25) is 0 Å². The Morgan fingerprint density at radius 3 is 2.31 bits per heavy atom. The molecular formula is C20H24N2O7. The third kappa shape index (κ3) is 5.69. The Balaban J connectivity index is 1.43. The van der Waals surface area contributed by atoms with E-state index in [1.54, 1.807) is 12.1 Å². The maximum absolute atomic E-state index is 11.8. The van der Waals surface area contributed by atoms with E-state index in [0.29, 0.717) is 5.06 Å². The Bertz CT molecular complexity index is 797. The summed E-state index contributed by atoms with van der Waals surface area (Å²) in [7, 11) is 0. The van der Waals surface area contributed by atoms with Gasteiger partial charge in [-0.15, -0.1) is 0 Å². The van der Waals surface area contributed by atoms with Gasteiger partial charge in [-0.3, -0.25) is 14.4 Å². The van der Waals surface area contributed by atoms with E-state index < -0.39 is 29.7 Å². The maximum Gasteiger partial charge on any atom is 0.534 e. The highest BCUT2D eigenvalue weighted by molar-refractivity contribution is 6.01. The standard InChI is InChI=1S/C20H24N2O7/c1-20(2,3)28-18(25)21-15-10-14(15)13-6-4-12(5-7-13)11-27-19(26)29-22-16(23)8-9-17(22)24/h4-7,14-15H,8-11H2,1-3H3,(H,21,25)/t14-,15+/m1/s1. The number of ether oxygens (including phenoxy) is 2. The van der Waals surface area contributed by atoms with Crippen molar-refractivity contribution in [1.29, 1.82) is 0 Å². The summed E-state index contributed by atoms with van der Waals surface area (Å²) in [4.78, 5) is 50.9. The smallest absolute Gasteiger partial charge is 0.444 e. The average Bonchev–Trinajstić information content (AvgIpc) is 3.32. The summed E-state index contributed by atoms with van der Waals surface area (Å²) < 4.78 is 10.2. The van der Waals surface area contributed by atoms with Crippen LogP contribution < -0.4 is 5.32 Å². The fourth-order valence-corrected chi connectivity index (χ4v) is 2.94. The Morgan fingerprint density at radius 1 is 1.10 bits per heavy atom. The van der Waals surface area contributed by atoms with Gasteiger partial charge in [-0.25, -0.2) is 9.59 Å². The van der Waals surface area contributed by atoms with E-state index in [1.165, 1.54) is 0 Å². The van der Waals surface area contributed by atoms with Crippen molar-refractivity contribution in [1.82, 2.24) is 10.4 Å². The van der Waals surface area contributed by atoms with Gasteiger partial charge in [0.25, 0.3) is 11.8 Å². The van der Waals surface area contributed by atoms with Crippen LogP contribution in [0.1, 0.15) is 57.1 Å². The molecule has 2 aliphatic rings. The molecular weight excluding hydrogens is 380 g/mol. The number of nitrogens with zero attached hydrogens (tertiary/aromatic N) is 1. The number of hydrogen-bond acceptors (Lipinski definition) is 7. The molecule has 9 nitrogen and oxygen atoms in total. The molecule has 1 saturated heterocycles. The number of imide groups is 1. The molecule has 0 radical (unpaired) electrons. The van der Waals surface area contributed by atoms with Gasteiger partial charge in [-0.1, -0.05) is 29.3 Å². The lowest BCUT2D eigenvalue weighted by molar-refractivity contribution is -0.177. The SMILES string of the molecule is CC(C)(C)OC(=O)N[C@H]1C[C@@H]1c1ccc(COC(=O)ON2C(=O)CCC2=O)cc1. The lowest BCUT2D eigenvalue weighted by Gasteiger charge is -2.19. The molecule has 1 saturated carbocycles. The Labute approximate surface area is 168 Å². The number of amides is 3. The second-order valence-electron chi connectivity index (χ2n) is 8.05. The molecule has 1 N–H and O–H groups in total. The van der Waals surface area contributed by atoms with Crippen LogP contribution in [-0.2, 0) is 30.5 Å². The molecule has 1 aliphatic heterocycles. The van der Waals surface area contributed by atoms with Crippen LogP contribution in [0, 0.1) is 0 Å². The molecule has 3 amide bonds. The summed E-state index contributed by atoms with van der Waals surface area (Å²) in [5.74, 6) is -0.903. The molecule has 1 aromatic carbocycles. The number of hydrogen-bond donors (Lipinski definition) is 1. The second kappa shape index (κ2) is 8.10. The minimum atomic E-state index is -1.11. The van der Waals surface area contributed by atoms with Crippen LogP contribution in [0.25, 0.3) is 0 Å². The summed E-state index contributed by atoms with van der Waals surface area (Å²) in [6, 6.07) is 7.45. The van der Waals surface area contributed by atoms with Crippen molar-refractivity contribution in [3.63, 3.8) is 0 Å². The highest BCUT2D eigenvalue weighted by Crippen LogP contribution is 2.41. The lowest BCUT2D eigenvalue weighted by atomic mass is 10.1. The third-order valence-corrected chi connectivity index (χ3v) is 4.43. The van der Waals surface area contributed by atoms with Gasteiger partial charge in [-0.2, -0.15) is 0 Å². The molecule has 1 heterocycles. The summed E-state index contributed by atoms with van der Waals surface area (Å²) in [5, 5.41) is 3.29. The Morgan fingerprint density at radius 2 is 1.72 bits per heavy atom. The molecule has 2 fully saturated rings. The van der Waals surface area contributed by atoms with E-state index in [9.17, 15) is 19.2 Å². The van der Waals surface area contributed by atoms with Crippen molar-refractivity contribution in [2.45, 2.75) is 64.2 Å². The van der Waals surface area contributed by atoms with Crippen molar-refractivity contribution in [3.8, 4) is 0 Å². The quantitative estimate of drug-likeness (QED) is 0.593. The molecule has 1 aromatic rings. The summed E-state index contributed by atoms with van der Waals surface area (Å²) >= 11 is 0. The predicted octanol–water partition coefficient (Wildman–Crippen LogP) is 2.78. The van der Waals surface area contributed by atoms with E-state index in [2.05, 4.69) is 10.2 Å². The molecule has 29 heavy (non-hydrogen) atoms. The first-order chi connectivity index (χ1) is 13.6. The van der Waals surface area contributed by atoms with Crippen LogP contribution in [0.3, 0.4) is 0 Å². The topological polar surface area (TPSA) is 111 Å². The monoisotopic (exact) mass is 404 g/mol. The molecule has 3 rings (SSSR count). The molecule has 0 unspecified atom stereocenters. The van der Waals surface area contributed by atoms with Gasteiger partial charge in [0.05, 0.1) is 0 Å². The summed E-state index contributed by atoms with van der Waals surface area (Å²) in [6.07, 6.45) is -0.652. The van der Waals surface area contributed by atoms with Gasteiger partial charge in [-0.05, 0) is 38.3 Å². The van der Waals surface area contributed by atoms with E-state index in [-0.39, 0.29) is 31.4 Å². The van der Waals surface area contributed by atoms with Crippen molar-refractivity contribution < 1.29 is 33.5 Å². The van der Waals surface area contributed by atoms with E-state index >= 15 is 0 Å². The number of carbonyl (C=O) groups is 4. The first-order valence-corrected chi connectivity index (χ1v) is 9.41. The fraction of sp³-hybridized carbons (Fsp3) is 0.500. The van der Waals surface area contributed by atoms with Gasteiger partial charge < -0.3 is 14.8 Å². The lowest BCUT2D eigenvalue weighted by Crippen LogP contribution is -2.34. The largest absolute Gasteiger partial charge is 0.534 e. The van der Waals surface area contributed by atoms with Crippen LogP contribution in [0.15, 0.2) is 24.3 Å². The van der Waals surface area contributed by atoms with Crippen LogP contribution in [-0.4, -0.2) is 40.8 Å².